The summed E-state index contributed by atoms with van der Waals surface area (Å²) in [4.78, 5) is 14.7. The third-order valence-electron chi connectivity index (χ3n) is 5.71. The monoisotopic (exact) mass is 407 g/mol. The maximum absolute atomic E-state index is 12.5. The summed E-state index contributed by atoms with van der Waals surface area (Å²) < 4.78 is 0. The van der Waals surface area contributed by atoms with Gasteiger partial charge in [0.2, 0.25) is 0 Å². The molecule has 0 aliphatic carbocycles. The number of nitriles is 1. The SMILES string of the molecule is CC1CC(C)(C)N(C)c2cc(Cl)c(/C=C(\C#N)C(=O)NCc3ccccc3)cc21. The van der Waals surface area contributed by atoms with E-state index in [0.29, 0.717) is 23.0 Å². The van der Waals surface area contributed by atoms with Gasteiger partial charge in [-0.1, -0.05) is 48.9 Å². The number of halogens is 1. The molecule has 2 aromatic carbocycles. The molecule has 1 aliphatic heterocycles. The number of carbonyl (C=O) groups is 1. The molecule has 1 N–H and O–H groups in total. The first-order valence-electron chi connectivity index (χ1n) is 9.74. The molecule has 0 aromatic heterocycles. The second-order valence-corrected chi connectivity index (χ2v) is 8.65. The number of anilines is 1. The van der Waals surface area contributed by atoms with Gasteiger partial charge in [0, 0.05) is 29.8 Å². The van der Waals surface area contributed by atoms with E-state index in [1.54, 1.807) is 6.08 Å². The third-order valence-corrected chi connectivity index (χ3v) is 6.04. The van der Waals surface area contributed by atoms with Crippen molar-refractivity contribution in [2.45, 2.75) is 45.2 Å². The van der Waals surface area contributed by atoms with Crippen molar-refractivity contribution in [1.82, 2.24) is 5.32 Å². The number of benzene rings is 2. The summed E-state index contributed by atoms with van der Waals surface area (Å²) in [5.41, 5.74) is 4.04. The topological polar surface area (TPSA) is 56.1 Å². The molecule has 1 aliphatic rings. The second-order valence-electron chi connectivity index (χ2n) is 8.25. The summed E-state index contributed by atoms with van der Waals surface area (Å²) in [5, 5.41) is 12.8. The molecule has 2 aromatic rings. The van der Waals surface area contributed by atoms with Crippen LogP contribution in [0, 0.1) is 11.3 Å². The van der Waals surface area contributed by atoms with Crippen LogP contribution in [0.2, 0.25) is 5.02 Å². The Hall–Kier alpha value is -2.77. The maximum atomic E-state index is 12.5. The minimum Gasteiger partial charge on any atom is -0.369 e. The van der Waals surface area contributed by atoms with Crippen LogP contribution in [0.4, 0.5) is 5.69 Å². The maximum Gasteiger partial charge on any atom is 0.262 e. The molecule has 1 amide bonds. The first kappa shape index (κ1) is 21.0. The van der Waals surface area contributed by atoms with Crippen molar-refractivity contribution in [2.24, 2.45) is 0 Å². The van der Waals surface area contributed by atoms with Gasteiger partial charge in [-0.05, 0) is 61.1 Å². The molecule has 150 valence electrons. The summed E-state index contributed by atoms with van der Waals surface area (Å²) in [6.45, 7) is 7.01. The van der Waals surface area contributed by atoms with E-state index in [4.69, 9.17) is 11.6 Å². The molecule has 0 saturated carbocycles. The highest BCUT2D eigenvalue weighted by atomic mass is 35.5. The van der Waals surface area contributed by atoms with E-state index in [2.05, 4.69) is 38.0 Å². The van der Waals surface area contributed by atoms with Crippen molar-refractivity contribution in [1.29, 1.82) is 5.26 Å². The molecule has 0 spiro atoms. The van der Waals surface area contributed by atoms with E-state index in [-0.39, 0.29) is 11.1 Å². The van der Waals surface area contributed by atoms with Gasteiger partial charge < -0.3 is 10.2 Å². The molecular formula is C24H26ClN3O. The Morgan fingerprint density at radius 3 is 2.69 bits per heavy atom. The first-order chi connectivity index (χ1) is 13.7. The smallest absolute Gasteiger partial charge is 0.262 e. The van der Waals surface area contributed by atoms with Gasteiger partial charge in [-0.25, -0.2) is 0 Å². The Morgan fingerprint density at radius 2 is 2.03 bits per heavy atom. The van der Waals surface area contributed by atoms with Crippen molar-refractivity contribution in [2.75, 3.05) is 11.9 Å². The van der Waals surface area contributed by atoms with Crippen LogP contribution >= 0.6 is 11.6 Å². The lowest BCUT2D eigenvalue weighted by atomic mass is 9.80. The van der Waals surface area contributed by atoms with Crippen LogP contribution in [0.15, 0.2) is 48.0 Å². The van der Waals surface area contributed by atoms with Crippen LogP contribution in [-0.4, -0.2) is 18.5 Å². The van der Waals surface area contributed by atoms with Gasteiger partial charge in [-0.2, -0.15) is 5.26 Å². The van der Waals surface area contributed by atoms with Gasteiger partial charge in [0.15, 0.2) is 0 Å². The van der Waals surface area contributed by atoms with Gasteiger partial charge in [0.1, 0.15) is 11.6 Å². The molecule has 1 heterocycles. The Bertz CT molecular complexity index is 989. The molecule has 4 nitrogen and oxygen atoms in total. The molecule has 29 heavy (non-hydrogen) atoms. The molecular weight excluding hydrogens is 382 g/mol. The molecule has 5 heteroatoms. The van der Waals surface area contributed by atoms with E-state index >= 15 is 0 Å². The lowest BCUT2D eigenvalue weighted by Crippen LogP contribution is -2.45. The Morgan fingerprint density at radius 1 is 1.34 bits per heavy atom. The van der Waals surface area contributed by atoms with Crippen LogP contribution in [0.3, 0.4) is 0 Å². The minimum absolute atomic E-state index is 0.0416. The van der Waals surface area contributed by atoms with Crippen LogP contribution < -0.4 is 10.2 Å². The van der Waals surface area contributed by atoms with Crippen molar-refractivity contribution >= 4 is 29.3 Å². The highest BCUT2D eigenvalue weighted by molar-refractivity contribution is 6.32. The first-order valence-corrected chi connectivity index (χ1v) is 10.1. The number of hydrogen-bond acceptors (Lipinski definition) is 3. The highest BCUT2D eigenvalue weighted by Gasteiger charge is 2.34. The number of rotatable bonds is 4. The average molecular weight is 408 g/mol. The zero-order valence-corrected chi connectivity index (χ0v) is 18.0. The molecule has 3 rings (SSSR count). The summed E-state index contributed by atoms with van der Waals surface area (Å²) in [5.74, 6) is -0.0468. The number of nitrogens with zero attached hydrogens (tertiary/aromatic N) is 2. The van der Waals surface area contributed by atoms with Crippen LogP contribution in [0.5, 0.6) is 0 Å². The van der Waals surface area contributed by atoms with E-state index < -0.39 is 5.91 Å². The number of fused-ring (bicyclic) bond motifs is 1. The fourth-order valence-corrected chi connectivity index (χ4v) is 4.11. The number of nitrogens with one attached hydrogen (secondary N) is 1. The van der Waals surface area contributed by atoms with E-state index in [0.717, 1.165) is 17.7 Å². The normalized spacial score (nSPS) is 18.0. The van der Waals surface area contributed by atoms with Crippen LogP contribution in [-0.2, 0) is 11.3 Å². The Balaban J connectivity index is 1.87. The summed E-state index contributed by atoms with van der Waals surface area (Å²) in [6, 6.07) is 15.6. The molecule has 0 bridgehead atoms. The molecule has 0 radical (unpaired) electrons. The lowest BCUT2D eigenvalue weighted by Gasteiger charge is -2.45. The third kappa shape index (κ3) is 4.46. The van der Waals surface area contributed by atoms with Gasteiger partial charge in [0.25, 0.3) is 5.91 Å². The fourth-order valence-electron chi connectivity index (χ4n) is 3.89. The summed E-state index contributed by atoms with van der Waals surface area (Å²) in [6.07, 6.45) is 2.60. The Labute approximate surface area is 177 Å². The molecule has 0 saturated heterocycles. The molecule has 0 fully saturated rings. The highest BCUT2D eigenvalue weighted by Crippen LogP contribution is 2.44. The summed E-state index contributed by atoms with van der Waals surface area (Å²) >= 11 is 6.53. The largest absolute Gasteiger partial charge is 0.369 e. The number of amides is 1. The van der Waals surface area contributed by atoms with Gasteiger partial charge in [0.05, 0.1) is 0 Å². The van der Waals surface area contributed by atoms with Crippen molar-refractivity contribution in [3.63, 3.8) is 0 Å². The minimum atomic E-state index is -0.406. The van der Waals surface area contributed by atoms with E-state index in [1.165, 1.54) is 5.56 Å². The molecule has 1 unspecified atom stereocenters. The predicted molar refractivity (Wildman–Crippen MR) is 119 cm³/mol. The number of carbonyl (C=O) groups excluding carboxylic acids is 1. The molecule has 1 atom stereocenters. The lowest BCUT2D eigenvalue weighted by molar-refractivity contribution is -0.117. The predicted octanol–water partition coefficient (Wildman–Crippen LogP) is 5.29. The standard InChI is InChI=1S/C24H26ClN3O/c1-16-13-24(2,3)28(4)22-12-21(25)18(11-20(16)22)10-19(14-26)23(29)27-15-17-8-6-5-7-9-17/h5-12,16H,13,15H2,1-4H3,(H,27,29)/b19-10+. The van der Waals surface area contributed by atoms with Gasteiger partial charge in [-0.3, -0.25) is 4.79 Å². The zero-order valence-electron chi connectivity index (χ0n) is 17.3. The average Bonchev–Trinajstić information content (AvgIpc) is 2.69. The second kappa shape index (κ2) is 8.31. The fraction of sp³-hybridized carbons (Fsp3) is 0.333. The van der Waals surface area contributed by atoms with Crippen molar-refractivity contribution in [3.05, 3.63) is 69.8 Å². The van der Waals surface area contributed by atoms with Crippen LogP contribution in [0.25, 0.3) is 6.08 Å². The van der Waals surface area contributed by atoms with Crippen LogP contribution in [0.1, 0.15) is 49.8 Å². The van der Waals surface area contributed by atoms with Gasteiger partial charge in [-0.15, -0.1) is 0 Å². The van der Waals surface area contributed by atoms with E-state index in [9.17, 15) is 10.1 Å². The van der Waals surface area contributed by atoms with E-state index in [1.807, 2.05) is 48.5 Å². The quantitative estimate of drug-likeness (QED) is 0.553. The Kier molecular flexibility index (Phi) is 6.00. The van der Waals surface area contributed by atoms with Gasteiger partial charge >= 0.3 is 0 Å². The van der Waals surface area contributed by atoms with Crippen molar-refractivity contribution in [3.8, 4) is 6.07 Å². The zero-order chi connectivity index (χ0) is 21.2. The number of hydrogen-bond donors (Lipinski definition) is 1. The summed E-state index contributed by atoms with van der Waals surface area (Å²) in [7, 11) is 2.08. The van der Waals surface area contributed by atoms with Crippen molar-refractivity contribution < 1.29 is 4.79 Å².